The summed E-state index contributed by atoms with van der Waals surface area (Å²) < 4.78 is 0. The third kappa shape index (κ3) is 8.27. The third-order valence-electron chi connectivity index (χ3n) is 8.34. The second-order valence-electron chi connectivity index (χ2n) is 11.3. The van der Waals surface area contributed by atoms with Crippen molar-refractivity contribution in [3.8, 4) is 0 Å². The molecule has 2 aromatic rings. The van der Waals surface area contributed by atoms with Gasteiger partial charge in [0, 0.05) is 26.3 Å². The molecule has 1 aromatic carbocycles. The maximum absolute atomic E-state index is 13.8. The minimum absolute atomic E-state index is 0.241. The van der Waals surface area contributed by atoms with E-state index in [-0.39, 0.29) is 12.5 Å². The highest BCUT2D eigenvalue weighted by atomic mass is 16.4. The standard InChI is InChI=1S/C31H44N4O3/c1-34(20-19-25-13-7-3-8-14-25)31-32-21-27(28(33-31)18-17-24-11-5-2-6-12-24)30(38)35(23-29(36)37)22-26-15-9-4-10-16-26/h3,7-8,13-14,21,24,26H,2,4-6,9-12,15-20,22-23H2,1H3,(H,36,37). The molecule has 206 valence electrons. The fraction of sp³-hybridized carbons (Fsp3) is 0.613. The Kier molecular flexibility index (Phi) is 10.5. The molecule has 1 aromatic heterocycles. The highest BCUT2D eigenvalue weighted by molar-refractivity contribution is 5.96. The molecule has 38 heavy (non-hydrogen) atoms. The van der Waals surface area contributed by atoms with Gasteiger partial charge < -0.3 is 14.9 Å². The van der Waals surface area contributed by atoms with Gasteiger partial charge in [0.25, 0.3) is 5.91 Å². The molecule has 4 rings (SSSR count). The van der Waals surface area contributed by atoms with Crippen molar-refractivity contribution in [3.63, 3.8) is 0 Å². The van der Waals surface area contributed by atoms with Crippen molar-refractivity contribution >= 4 is 17.8 Å². The van der Waals surface area contributed by atoms with Crippen LogP contribution in [0.5, 0.6) is 0 Å². The summed E-state index contributed by atoms with van der Waals surface area (Å²) in [5.41, 5.74) is 2.49. The molecule has 2 aliphatic carbocycles. The predicted molar refractivity (Wildman–Crippen MR) is 150 cm³/mol. The molecule has 0 aliphatic heterocycles. The zero-order chi connectivity index (χ0) is 26.7. The normalized spacial score (nSPS) is 16.8. The number of aliphatic carboxylic acids is 1. The number of aryl methyl sites for hydroxylation is 1. The number of rotatable bonds is 12. The maximum Gasteiger partial charge on any atom is 0.323 e. The van der Waals surface area contributed by atoms with Crippen LogP contribution in [0.1, 0.15) is 92.2 Å². The molecule has 7 nitrogen and oxygen atoms in total. The van der Waals surface area contributed by atoms with E-state index in [2.05, 4.69) is 17.1 Å². The van der Waals surface area contributed by atoms with Crippen molar-refractivity contribution in [2.45, 2.75) is 83.5 Å². The first kappa shape index (κ1) is 28.1. The molecule has 0 bridgehead atoms. The topological polar surface area (TPSA) is 86.6 Å². The molecule has 0 saturated heterocycles. The number of hydrogen-bond acceptors (Lipinski definition) is 5. The summed E-state index contributed by atoms with van der Waals surface area (Å²) in [6, 6.07) is 10.4. The van der Waals surface area contributed by atoms with Gasteiger partial charge in [-0.05, 0) is 49.5 Å². The first-order valence-electron chi connectivity index (χ1n) is 14.6. The largest absolute Gasteiger partial charge is 0.480 e. The number of hydrogen-bond donors (Lipinski definition) is 1. The second-order valence-corrected chi connectivity index (χ2v) is 11.3. The van der Waals surface area contributed by atoms with Crippen LogP contribution in [0.15, 0.2) is 36.5 Å². The van der Waals surface area contributed by atoms with Crippen LogP contribution in [0.3, 0.4) is 0 Å². The molecule has 0 unspecified atom stereocenters. The van der Waals surface area contributed by atoms with Gasteiger partial charge in [0.05, 0.1) is 11.3 Å². The number of amides is 1. The predicted octanol–water partition coefficient (Wildman–Crippen LogP) is 5.78. The van der Waals surface area contributed by atoms with Crippen LogP contribution < -0.4 is 4.90 Å². The first-order chi connectivity index (χ1) is 18.5. The molecule has 7 heteroatoms. The van der Waals surface area contributed by atoms with Gasteiger partial charge in [-0.3, -0.25) is 9.59 Å². The zero-order valence-electron chi connectivity index (χ0n) is 23.0. The minimum Gasteiger partial charge on any atom is -0.480 e. The summed E-state index contributed by atoms with van der Waals surface area (Å²) in [6.07, 6.45) is 16.3. The molecule has 1 amide bonds. The average Bonchev–Trinajstić information content (AvgIpc) is 2.95. The summed E-state index contributed by atoms with van der Waals surface area (Å²) in [6.45, 7) is 0.980. The zero-order valence-corrected chi connectivity index (χ0v) is 23.0. The smallest absolute Gasteiger partial charge is 0.323 e. The SMILES string of the molecule is CN(CCc1ccccc1)c1ncc(C(=O)N(CC(=O)O)CC2CCCCC2)c(CCC2CCCCC2)n1. The summed E-state index contributed by atoms with van der Waals surface area (Å²) in [7, 11) is 1.99. The van der Waals surface area contributed by atoms with Gasteiger partial charge in [-0.1, -0.05) is 81.7 Å². The van der Waals surface area contributed by atoms with E-state index in [1.807, 2.05) is 30.1 Å². The monoisotopic (exact) mass is 520 g/mol. The lowest BCUT2D eigenvalue weighted by molar-refractivity contribution is -0.137. The number of carboxylic acid groups (broad SMARTS) is 1. The Morgan fingerprint density at radius 3 is 2.24 bits per heavy atom. The van der Waals surface area contributed by atoms with E-state index in [0.717, 1.165) is 57.2 Å². The molecule has 0 radical (unpaired) electrons. The van der Waals surface area contributed by atoms with Crippen molar-refractivity contribution in [1.29, 1.82) is 0 Å². The number of nitrogens with zero attached hydrogens (tertiary/aromatic N) is 4. The van der Waals surface area contributed by atoms with Crippen LogP contribution in [-0.2, 0) is 17.6 Å². The Morgan fingerprint density at radius 2 is 1.58 bits per heavy atom. The minimum atomic E-state index is -0.976. The lowest BCUT2D eigenvalue weighted by Crippen LogP contribution is -2.40. The molecule has 0 spiro atoms. The van der Waals surface area contributed by atoms with E-state index in [1.54, 1.807) is 6.20 Å². The van der Waals surface area contributed by atoms with Crippen LogP contribution >= 0.6 is 0 Å². The fourth-order valence-corrected chi connectivity index (χ4v) is 6.05. The molecule has 1 heterocycles. The van der Waals surface area contributed by atoms with Crippen molar-refractivity contribution in [3.05, 3.63) is 53.3 Å². The Balaban J connectivity index is 1.53. The van der Waals surface area contributed by atoms with E-state index in [0.29, 0.717) is 29.9 Å². The van der Waals surface area contributed by atoms with E-state index < -0.39 is 5.97 Å². The number of carbonyl (C=O) groups excluding carboxylic acids is 1. The number of carboxylic acids is 1. The molecule has 2 aliphatic rings. The van der Waals surface area contributed by atoms with Crippen molar-refractivity contribution in [2.75, 3.05) is 31.6 Å². The molecule has 2 saturated carbocycles. The Labute approximate surface area is 227 Å². The van der Waals surface area contributed by atoms with E-state index >= 15 is 0 Å². The number of aromatic nitrogens is 2. The highest BCUT2D eigenvalue weighted by Gasteiger charge is 2.27. The summed E-state index contributed by atoms with van der Waals surface area (Å²) in [4.78, 5) is 38.6. The number of benzene rings is 1. The second kappa shape index (κ2) is 14.3. The Hall–Kier alpha value is -2.96. The van der Waals surface area contributed by atoms with Gasteiger partial charge in [-0.15, -0.1) is 0 Å². The van der Waals surface area contributed by atoms with Crippen molar-refractivity contribution in [1.82, 2.24) is 14.9 Å². The van der Waals surface area contributed by atoms with Gasteiger partial charge in [-0.25, -0.2) is 9.97 Å². The lowest BCUT2D eigenvalue weighted by Gasteiger charge is -2.29. The van der Waals surface area contributed by atoms with Gasteiger partial charge >= 0.3 is 5.97 Å². The summed E-state index contributed by atoms with van der Waals surface area (Å²) in [5.74, 6) is 0.430. The number of likely N-dealkylation sites (N-methyl/N-ethyl adjacent to an activating group) is 1. The Morgan fingerprint density at radius 1 is 0.921 bits per heavy atom. The average molecular weight is 521 g/mol. The fourth-order valence-electron chi connectivity index (χ4n) is 6.05. The Bertz CT molecular complexity index is 1030. The van der Waals surface area contributed by atoms with Crippen LogP contribution in [0.4, 0.5) is 5.95 Å². The van der Waals surface area contributed by atoms with Crippen LogP contribution in [0.25, 0.3) is 0 Å². The molecule has 2 fully saturated rings. The van der Waals surface area contributed by atoms with Gasteiger partial charge in [0.2, 0.25) is 5.95 Å². The van der Waals surface area contributed by atoms with Crippen LogP contribution in [-0.4, -0.2) is 58.5 Å². The number of carbonyl (C=O) groups is 2. The van der Waals surface area contributed by atoms with Gasteiger partial charge in [0.1, 0.15) is 6.54 Å². The molecular weight excluding hydrogens is 476 g/mol. The summed E-state index contributed by atoms with van der Waals surface area (Å²) >= 11 is 0. The lowest BCUT2D eigenvalue weighted by atomic mass is 9.85. The van der Waals surface area contributed by atoms with Crippen molar-refractivity contribution < 1.29 is 14.7 Å². The third-order valence-corrected chi connectivity index (χ3v) is 8.34. The van der Waals surface area contributed by atoms with Crippen LogP contribution in [0.2, 0.25) is 0 Å². The molecule has 0 atom stereocenters. The van der Waals surface area contributed by atoms with Crippen LogP contribution in [0, 0.1) is 11.8 Å². The highest BCUT2D eigenvalue weighted by Crippen LogP contribution is 2.29. The maximum atomic E-state index is 13.8. The van der Waals surface area contributed by atoms with Crippen molar-refractivity contribution in [2.24, 2.45) is 11.8 Å². The summed E-state index contributed by atoms with van der Waals surface area (Å²) in [5, 5.41) is 9.59. The van der Waals surface area contributed by atoms with Gasteiger partial charge in [-0.2, -0.15) is 0 Å². The van der Waals surface area contributed by atoms with Gasteiger partial charge in [0.15, 0.2) is 0 Å². The molecule has 1 N–H and O–H groups in total. The van der Waals surface area contributed by atoms with E-state index in [4.69, 9.17) is 4.98 Å². The number of anilines is 1. The molecular formula is C31H44N4O3. The van der Waals surface area contributed by atoms with E-state index in [1.165, 1.54) is 49.0 Å². The van der Waals surface area contributed by atoms with E-state index in [9.17, 15) is 14.7 Å². The quantitative estimate of drug-likeness (QED) is 0.382. The first-order valence-corrected chi connectivity index (χ1v) is 14.6.